The topological polar surface area (TPSA) is 128 Å². The number of thioether (sulfide) groups is 1. The van der Waals surface area contributed by atoms with Crippen molar-refractivity contribution >= 4 is 17.7 Å². The lowest BCUT2D eigenvalue weighted by atomic mass is 10.0. The summed E-state index contributed by atoms with van der Waals surface area (Å²) in [4.78, 5) is 10.9. The van der Waals surface area contributed by atoms with Gasteiger partial charge in [0.25, 0.3) is 5.22 Å². The first kappa shape index (κ1) is 31.3. The van der Waals surface area contributed by atoms with Crippen molar-refractivity contribution in [3.63, 3.8) is 0 Å². The zero-order chi connectivity index (χ0) is 27.1. The summed E-state index contributed by atoms with van der Waals surface area (Å²) in [5.41, 5.74) is 2.48. The molecular weight excluding hydrogens is 480 g/mol. The van der Waals surface area contributed by atoms with Crippen LogP contribution in [0.3, 0.4) is 0 Å². The average Bonchev–Trinajstić information content (AvgIpc) is 3.58. The molecule has 0 atom stereocenters. The maximum atomic E-state index is 10.9. The number of benzene rings is 1. The molecule has 0 aliphatic rings. The summed E-state index contributed by atoms with van der Waals surface area (Å²) in [5, 5.41) is 28.1. The largest absolute Gasteiger partial charge is 0.411 e. The Kier molecular flexibility index (Phi) is 14.0. The van der Waals surface area contributed by atoms with Gasteiger partial charge in [-0.1, -0.05) is 56.8 Å². The lowest BCUT2D eigenvalue weighted by Crippen LogP contribution is -2.30. The van der Waals surface area contributed by atoms with Gasteiger partial charge in [0, 0.05) is 19.0 Å². The molecule has 0 aliphatic heterocycles. The highest BCUT2D eigenvalue weighted by Crippen LogP contribution is 2.23. The molecule has 0 unspecified atom stereocenters. The van der Waals surface area contributed by atoms with Gasteiger partial charge < -0.3 is 19.6 Å². The molecule has 0 fully saturated rings. The van der Waals surface area contributed by atoms with E-state index in [1.54, 1.807) is 17.9 Å². The number of hydrogen-bond donors (Lipinski definition) is 2. The number of ether oxygens (including phenoxy) is 1. The lowest BCUT2D eigenvalue weighted by Gasteiger charge is -2.20. The number of carbonyl (C=O) groups excluding carboxylic acids is 1. The van der Waals surface area contributed by atoms with Gasteiger partial charge in [0.15, 0.2) is 0 Å². The predicted octanol–water partition coefficient (Wildman–Crippen LogP) is 4.27. The minimum absolute atomic E-state index is 0.0205. The van der Waals surface area contributed by atoms with Crippen LogP contribution < -0.4 is 5.32 Å². The van der Waals surface area contributed by atoms with Crippen molar-refractivity contribution in [2.45, 2.75) is 71.2 Å². The van der Waals surface area contributed by atoms with Crippen molar-refractivity contribution < 1.29 is 19.1 Å². The Labute approximate surface area is 218 Å². The van der Waals surface area contributed by atoms with E-state index in [0.29, 0.717) is 42.4 Å². The minimum Gasteiger partial charge on any atom is -0.411 e. The maximum absolute atomic E-state index is 10.9. The Bertz CT molecular complexity index is 1020. The van der Waals surface area contributed by atoms with Gasteiger partial charge in [0.1, 0.15) is 5.69 Å². The number of nitrogens with zero attached hydrogens (tertiary/aromatic N) is 5. The third kappa shape index (κ3) is 10.1. The van der Waals surface area contributed by atoms with Crippen molar-refractivity contribution in [1.29, 1.82) is 0 Å². The summed E-state index contributed by atoms with van der Waals surface area (Å²) in [6.45, 7) is 12.7. The van der Waals surface area contributed by atoms with Crippen molar-refractivity contribution in [2.75, 3.05) is 26.5 Å². The van der Waals surface area contributed by atoms with Crippen LogP contribution in [-0.4, -0.2) is 62.7 Å². The summed E-state index contributed by atoms with van der Waals surface area (Å²) in [6, 6.07) is 8.24. The molecule has 1 amide bonds. The van der Waals surface area contributed by atoms with Crippen molar-refractivity contribution in [3.05, 3.63) is 41.7 Å². The van der Waals surface area contributed by atoms with Crippen molar-refractivity contribution in [3.8, 4) is 11.5 Å². The molecule has 36 heavy (non-hydrogen) atoms. The third-order valence-corrected chi connectivity index (χ3v) is 5.47. The van der Waals surface area contributed by atoms with Gasteiger partial charge in [0.05, 0.1) is 31.6 Å². The van der Waals surface area contributed by atoms with Gasteiger partial charge in [-0.3, -0.25) is 4.79 Å². The highest BCUT2D eigenvalue weighted by Gasteiger charge is 2.20. The van der Waals surface area contributed by atoms with Crippen molar-refractivity contribution in [2.24, 2.45) is 0 Å². The summed E-state index contributed by atoms with van der Waals surface area (Å²) in [7, 11) is 1.59. The molecular formula is C25H40N6O4S. The maximum Gasteiger partial charge on any atom is 0.276 e. The second kappa shape index (κ2) is 16.1. The van der Waals surface area contributed by atoms with Gasteiger partial charge in [-0.15, -0.1) is 15.3 Å². The second-order valence-corrected chi connectivity index (χ2v) is 9.21. The smallest absolute Gasteiger partial charge is 0.276 e. The number of nitrogens with one attached hydrogen (secondary N) is 1. The zero-order valence-corrected chi connectivity index (χ0v) is 23.4. The molecule has 0 spiro atoms. The number of amides is 1. The van der Waals surface area contributed by atoms with Crippen LogP contribution in [-0.2, 0) is 21.7 Å². The van der Waals surface area contributed by atoms with Gasteiger partial charge in [-0.2, -0.15) is 0 Å². The molecule has 1 aromatic carbocycles. The molecule has 0 aliphatic carbocycles. The fourth-order valence-corrected chi connectivity index (χ4v) is 2.90. The first-order chi connectivity index (χ1) is 17.2. The number of carbonyl (C=O) groups is 1. The quantitative estimate of drug-likeness (QED) is 0.297. The fraction of sp³-hybridized carbons (Fsp3) is 0.560. The Morgan fingerprint density at radius 2 is 1.86 bits per heavy atom. The molecule has 200 valence electrons. The minimum atomic E-state index is -0.479. The molecule has 0 saturated heterocycles. The second-order valence-electron chi connectivity index (χ2n) is 8.45. The zero-order valence-electron chi connectivity index (χ0n) is 22.6. The number of hydrogen-bond acceptors (Lipinski definition) is 9. The monoisotopic (exact) mass is 520 g/mol. The molecule has 2 heterocycles. The number of aliphatic hydroxyl groups is 1. The predicted molar refractivity (Wildman–Crippen MR) is 142 cm³/mol. The highest BCUT2D eigenvalue weighted by atomic mass is 32.2. The van der Waals surface area contributed by atoms with Gasteiger partial charge in [0.2, 0.25) is 11.8 Å². The molecule has 3 aromatic rings. The van der Waals surface area contributed by atoms with E-state index in [4.69, 9.17) is 9.15 Å². The van der Waals surface area contributed by atoms with Crippen molar-refractivity contribution in [1.82, 2.24) is 30.5 Å². The summed E-state index contributed by atoms with van der Waals surface area (Å²) < 4.78 is 12.4. The van der Waals surface area contributed by atoms with E-state index >= 15 is 0 Å². The van der Waals surface area contributed by atoms with Crippen LogP contribution in [0.5, 0.6) is 0 Å². The van der Waals surface area contributed by atoms with Crippen LogP contribution in [0, 0.1) is 0 Å². The molecule has 0 saturated carbocycles. The van der Waals surface area contributed by atoms with Gasteiger partial charge >= 0.3 is 0 Å². The van der Waals surface area contributed by atoms with Crippen LogP contribution in [0.1, 0.15) is 65.1 Å². The number of aliphatic hydroxyl groups excluding tert-OH is 1. The normalized spacial score (nSPS) is 10.8. The molecule has 2 aromatic heterocycles. The first-order valence-electron chi connectivity index (χ1n) is 12.0. The SMILES string of the molecule is CC.CNC(=O)CCOCc1cn(C(C)(C)CO)nn1.CSc1nnc(-c2ccc(C(C)C)cc2)o1. The molecule has 11 heteroatoms. The average molecular weight is 521 g/mol. The van der Waals surface area contributed by atoms with Gasteiger partial charge in [-0.25, -0.2) is 4.68 Å². The lowest BCUT2D eigenvalue weighted by molar-refractivity contribution is -0.121. The van der Waals surface area contributed by atoms with E-state index < -0.39 is 5.54 Å². The van der Waals surface area contributed by atoms with E-state index in [1.165, 1.54) is 17.3 Å². The van der Waals surface area contributed by atoms with Crippen LogP contribution >= 0.6 is 11.8 Å². The standard InChI is InChI=1S/C12H14N2OS.C11H20N4O3.C2H6/c1-8(2)9-4-6-10(7-5-9)11-13-14-12(15-11)16-3;1-11(2,8-16)15-6-9(13-14-15)7-18-5-4-10(17)12-3;1-2/h4-8H,1-3H3;6,16H,4-5,7-8H2,1-3H3,(H,12,17);1-2H3. The molecule has 3 rings (SSSR count). The molecule has 10 nitrogen and oxygen atoms in total. The Hall–Kier alpha value is -2.76. The van der Waals surface area contributed by atoms with Gasteiger partial charge in [-0.05, 0) is 43.7 Å². The van der Waals surface area contributed by atoms with E-state index in [-0.39, 0.29) is 12.5 Å². The third-order valence-electron chi connectivity index (χ3n) is 4.96. The number of aromatic nitrogens is 5. The van der Waals surface area contributed by atoms with E-state index in [0.717, 1.165) is 5.56 Å². The van der Waals surface area contributed by atoms with E-state index in [2.05, 4.69) is 51.8 Å². The molecule has 0 radical (unpaired) electrons. The summed E-state index contributed by atoms with van der Waals surface area (Å²) in [5.74, 6) is 1.07. The Morgan fingerprint density at radius 1 is 1.19 bits per heavy atom. The molecule has 0 bridgehead atoms. The van der Waals surface area contributed by atoms with Crippen LogP contribution in [0.15, 0.2) is 40.1 Å². The Morgan fingerprint density at radius 3 is 2.39 bits per heavy atom. The highest BCUT2D eigenvalue weighted by molar-refractivity contribution is 7.98. The first-order valence-corrected chi connectivity index (χ1v) is 13.2. The Balaban J connectivity index is 0.000000338. The summed E-state index contributed by atoms with van der Waals surface area (Å²) >= 11 is 1.45. The van der Waals surface area contributed by atoms with E-state index in [1.807, 2.05) is 46.1 Å². The summed E-state index contributed by atoms with van der Waals surface area (Å²) in [6.07, 6.45) is 3.97. The molecule has 2 N–H and O–H groups in total. The fourth-order valence-electron chi connectivity index (χ4n) is 2.62. The van der Waals surface area contributed by atoms with Crippen LogP contribution in [0.25, 0.3) is 11.5 Å². The number of rotatable bonds is 10. The van der Waals surface area contributed by atoms with E-state index in [9.17, 15) is 9.90 Å². The van der Waals surface area contributed by atoms with Crippen LogP contribution in [0.4, 0.5) is 0 Å². The van der Waals surface area contributed by atoms with Crippen LogP contribution in [0.2, 0.25) is 0 Å².